The third kappa shape index (κ3) is 4.13. The third-order valence-electron chi connectivity index (χ3n) is 4.71. The number of aryl methyl sites for hydroxylation is 1. The zero-order chi connectivity index (χ0) is 18.6. The monoisotopic (exact) mass is 362 g/mol. The van der Waals surface area contributed by atoms with Gasteiger partial charge < -0.3 is 10.6 Å². The summed E-state index contributed by atoms with van der Waals surface area (Å²) in [6.45, 7) is 1.85. The van der Waals surface area contributed by atoms with Gasteiger partial charge in [0, 0.05) is 35.8 Å². The average Bonchev–Trinajstić information content (AvgIpc) is 3.37. The molecule has 2 heterocycles. The first-order valence-corrected chi connectivity index (χ1v) is 9.21. The smallest absolute Gasteiger partial charge is 0.227 e. The second-order valence-corrected chi connectivity index (χ2v) is 6.78. The molecule has 0 bridgehead atoms. The van der Waals surface area contributed by atoms with Gasteiger partial charge in [0.25, 0.3) is 0 Å². The lowest BCUT2D eigenvalue weighted by Crippen LogP contribution is -2.20. The van der Waals surface area contributed by atoms with Gasteiger partial charge in [-0.25, -0.2) is 14.6 Å². The molecule has 4 rings (SSSR count). The molecule has 1 fully saturated rings. The van der Waals surface area contributed by atoms with Crippen LogP contribution in [0.2, 0.25) is 0 Å². The van der Waals surface area contributed by atoms with E-state index in [0.29, 0.717) is 17.5 Å². The van der Waals surface area contributed by atoms with Crippen molar-refractivity contribution in [2.24, 2.45) is 5.92 Å². The number of amides is 1. The minimum Gasteiger partial charge on any atom is -0.340 e. The van der Waals surface area contributed by atoms with Crippen LogP contribution < -0.4 is 10.6 Å². The van der Waals surface area contributed by atoms with Gasteiger partial charge in [-0.15, -0.1) is 0 Å². The van der Waals surface area contributed by atoms with Crippen LogP contribution in [0.4, 0.5) is 17.2 Å². The number of hydrogen-bond donors (Lipinski definition) is 2. The van der Waals surface area contributed by atoms with E-state index in [4.69, 9.17) is 0 Å². The van der Waals surface area contributed by atoms with Gasteiger partial charge >= 0.3 is 0 Å². The number of carbonyl (C=O) groups is 1. The first-order chi connectivity index (χ1) is 13.2. The predicted octanol–water partition coefficient (Wildman–Crippen LogP) is 3.84. The molecule has 3 aromatic rings. The van der Waals surface area contributed by atoms with Crippen LogP contribution in [-0.4, -0.2) is 25.7 Å². The largest absolute Gasteiger partial charge is 0.340 e. The van der Waals surface area contributed by atoms with Crippen LogP contribution in [0.25, 0.3) is 5.82 Å². The number of nitrogens with one attached hydrogen (secondary N) is 2. The van der Waals surface area contributed by atoms with Gasteiger partial charge in [0.15, 0.2) is 5.82 Å². The minimum atomic E-state index is 0.128. The quantitative estimate of drug-likeness (QED) is 0.720. The van der Waals surface area contributed by atoms with Crippen LogP contribution >= 0.6 is 0 Å². The molecule has 0 unspecified atom stereocenters. The lowest BCUT2D eigenvalue weighted by molar-refractivity contribution is -0.119. The van der Waals surface area contributed by atoms with Crippen molar-refractivity contribution in [3.63, 3.8) is 0 Å². The Morgan fingerprint density at radius 1 is 1.11 bits per heavy atom. The number of carbonyl (C=O) groups excluding carboxylic acids is 1. The van der Waals surface area contributed by atoms with E-state index in [9.17, 15) is 4.79 Å². The molecule has 0 aliphatic heterocycles. The third-order valence-corrected chi connectivity index (χ3v) is 4.71. The van der Waals surface area contributed by atoms with Crippen LogP contribution in [0.1, 0.15) is 31.5 Å². The molecular formula is C20H22N6O. The Morgan fingerprint density at radius 2 is 1.85 bits per heavy atom. The van der Waals surface area contributed by atoms with Crippen LogP contribution in [-0.2, 0) is 4.79 Å². The van der Waals surface area contributed by atoms with Gasteiger partial charge in [-0.1, -0.05) is 12.8 Å². The molecule has 1 aromatic carbocycles. The fourth-order valence-corrected chi connectivity index (χ4v) is 3.35. The van der Waals surface area contributed by atoms with Crippen molar-refractivity contribution in [2.75, 3.05) is 10.6 Å². The molecule has 2 N–H and O–H groups in total. The maximum atomic E-state index is 12.2. The summed E-state index contributed by atoms with van der Waals surface area (Å²) in [7, 11) is 0. The van der Waals surface area contributed by atoms with Crippen molar-refractivity contribution in [3.8, 4) is 5.82 Å². The van der Waals surface area contributed by atoms with Crippen LogP contribution in [0.3, 0.4) is 0 Å². The maximum Gasteiger partial charge on any atom is 0.227 e. The van der Waals surface area contributed by atoms with Crippen LogP contribution in [0.15, 0.2) is 48.8 Å². The van der Waals surface area contributed by atoms with Gasteiger partial charge in [-0.05, 0) is 50.1 Å². The molecule has 1 aliphatic carbocycles. The molecule has 138 valence electrons. The highest BCUT2D eigenvalue weighted by Gasteiger charge is 2.22. The number of benzene rings is 1. The van der Waals surface area contributed by atoms with Gasteiger partial charge in [0.1, 0.15) is 11.6 Å². The van der Waals surface area contributed by atoms with Gasteiger partial charge in [0.05, 0.1) is 0 Å². The van der Waals surface area contributed by atoms with Gasteiger partial charge in [-0.3, -0.25) is 4.79 Å². The summed E-state index contributed by atoms with van der Waals surface area (Å²) in [5, 5.41) is 10.5. The molecular weight excluding hydrogens is 340 g/mol. The highest BCUT2D eigenvalue weighted by molar-refractivity contribution is 5.92. The summed E-state index contributed by atoms with van der Waals surface area (Å²) >= 11 is 0. The Morgan fingerprint density at radius 3 is 2.56 bits per heavy atom. The lowest BCUT2D eigenvalue weighted by Gasteiger charge is -2.12. The standard InChI is InChI=1S/C20H22N6O/c1-14-22-18(13-19(23-14)26-12-4-11-21-26)24-16-7-9-17(10-8-16)25-20(27)15-5-2-3-6-15/h4,7-13,15H,2-3,5-6H2,1H3,(H,25,27)(H,22,23,24). The predicted molar refractivity (Wildman–Crippen MR) is 104 cm³/mol. The minimum absolute atomic E-state index is 0.128. The van der Waals surface area contributed by atoms with E-state index in [-0.39, 0.29) is 11.8 Å². The summed E-state index contributed by atoms with van der Waals surface area (Å²) in [4.78, 5) is 21.1. The molecule has 27 heavy (non-hydrogen) atoms. The van der Waals surface area contributed by atoms with Gasteiger partial charge in [0.2, 0.25) is 5.91 Å². The first-order valence-electron chi connectivity index (χ1n) is 9.21. The zero-order valence-electron chi connectivity index (χ0n) is 15.2. The highest BCUT2D eigenvalue weighted by Crippen LogP contribution is 2.26. The second kappa shape index (κ2) is 7.57. The van der Waals surface area contributed by atoms with Crippen molar-refractivity contribution >= 4 is 23.1 Å². The summed E-state index contributed by atoms with van der Waals surface area (Å²) in [5.74, 6) is 2.34. The summed E-state index contributed by atoms with van der Waals surface area (Å²) in [6.07, 6.45) is 7.85. The fraction of sp³-hybridized carbons (Fsp3) is 0.300. The first kappa shape index (κ1) is 17.2. The molecule has 2 aromatic heterocycles. The number of hydrogen-bond acceptors (Lipinski definition) is 5. The van der Waals surface area contributed by atoms with Crippen LogP contribution in [0, 0.1) is 12.8 Å². The van der Waals surface area contributed by atoms with Crippen molar-refractivity contribution in [1.29, 1.82) is 0 Å². The van der Waals surface area contributed by atoms with E-state index >= 15 is 0 Å². The van der Waals surface area contributed by atoms with Crippen molar-refractivity contribution in [3.05, 3.63) is 54.6 Å². The van der Waals surface area contributed by atoms with E-state index in [0.717, 1.165) is 37.1 Å². The van der Waals surface area contributed by atoms with E-state index < -0.39 is 0 Å². The van der Waals surface area contributed by atoms with Crippen molar-refractivity contribution < 1.29 is 4.79 Å². The lowest BCUT2D eigenvalue weighted by atomic mass is 10.1. The molecule has 7 nitrogen and oxygen atoms in total. The Kier molecular flexibility index (Phi) is 4.82. The number of anilines is 3. The molecule has 0 radical (unpaired) electrons. The number of aromatic nitrogens is 4. The average molecular weight is 362 g/mol. The van der Waals surface area contributed by atoms with E-state index in [2.05, 4.69) is 25.7 Å². The number of rotatable bonds is 5. The Hall–Kier alpha value is -3.22. The molecule has 1 amide bonds. The summed E-state index contributed by atoms with van der Waals surface area (Å²) in [6, 6.07) is 11.3. The molecule has 0 saturated heterocycles. The maximum absolute atomic E-state index is 12.2. The highest BCUT2D eigenvalue weighted by atomic mass is 16.1. The molecule has 7 heteroatoms. The Balaban J connectivity index is 1.44. The Labute approximate surface area is 157 Å². The zero-order valence-corrected chi connectivity index (χ0v) is 15.2. The topological polar surface area (TPSA) is 84.7 Å². The fourth-order valence-electron chi connectivity index (χ4n) is 3.35. The van der Waals surface area contributed by atoms with E-state index in [1.54, 1.807) is 10.9 Å². The Bertz CT molecular complexity index is 914. The van der Waals surface area contributed by atoms with Crippen molar-refractivity contribution in [2.45, 2.75) is 32.6 Å². The molecule has 0 spiro atoms. The summed E-state index contributed by atoms with van der Waals surface area (Å²) in [5.41, 5.74) is 1.70. The SMILES string of the molecule is Cc1nc(Nc2ccc(NC(=O)C3CCCC3)cc2)cc(-n2cccn2)n1. The van der Waals surface area contributed by atoms with Gasteiger partial charge in [-0.2, -0.15) is 5.10 Å². The van der Waals surface area contributed by atoms with E-state index in [1.165, 1.54) is 0 Å². The van der Waals surface area contributed by atoms with Crippen molar-refractivity contribution in [1.82, 2.24) is 19.7 Å². The second-order valence-electron chi connectivity index (χ2n) is 6.78. The molecule has 0 atom stereocenters. The van der Waals surface area contributed by atoms with E-state index in [1.807, 2.05) is 49.5 Å². The molecule has 1 saturated carbocycles. The number of nitrogens with zero attached hydrogens (tertiary/aromatic N) is 4. The van der Waals surface area contributed by atoms with Crippen LogP contribution in [0.5, 0.6) is 0 Å². The summed E-state index contributed by atoms with van der Waals surface area (Å²) < 4.78 is 1.70. The molecule has 1 aliphatic rings. The normalized spacial score (nSPS) is 14.3.